The monoisotopic (exact) mass is 287 g/mol. The van der Waals surface area contributed by atoms with E-state index in [0.29, 0.717) is 0 Å². The molecule has 0 amide bonds. The fourth-order valence-electron chi connectivity index (χ4n) is 4.77. The zero-order valence-corrected chi connectivity index (χ0v) is 13.9. The standard InChI is InChI=1S/C19H29NO/c1-13-9-14(2)17-15(10-13)11-18(3,4)12-19(17,21)16-7-5-6-8-20-16/h9-10,16,20-21H,5-8,11-12H2,1-4H3/t16-,19-/m1/s1. The van der Waals surface area contributed by atoms with Crippen molar-refractivity contribution in [2.45, 2.75) is 71.4 Å². The van der Waals surface area contributed by atoms with Crippen LogP contribution in [0.2, 0.25) is 0 Å². The van der Waals surface area contributed by atoms with Gasteiger partial charge in [0.2, 0.25) is 0 Å². The Hall–Kier alpha value is -0.860. The van der Waals surface area contributed by atoms with Crippen molar-refractivity contribution in [3.63, 3.8) is 0 Å². The molecule has 116 valence electrons. The lowest BCUT2D eigenvalue weighted by molar-refractivity contribution is -0.0573. The van der Waals surface area contributed by atoms with Gasteiger partial charge in [-0.25, -0.2) is 0 Å². The average molecular weight is 287 g/mol. The largest absolute Gasteiger partial charge is 0.383 e. The van der Waals surface area contributed by atoms with Crippen LogP contribution >= 0.6 is 0 Å². The number of piperidine rings is 1. The van der Waals surface area contributed by atoms with Crippen molar-refractivity contribution >= 4 is 0 Å². The van der Waals surface area contributed by atoms with E-state index in [1.54, 1.807) is 0 Å². The van der Waals surface area contributed by atoms with Crippen molar-refractivity contribution in [3.05, 3.63) is 34.4 Å². The normalized spacial score (nSPS) is 31.8. The van der Waals surface area contributed by atoms with Crippen LogP contribution in [0.4, 0.5) is 0 Å². The fraction of sp³-hybridized carbons (Fsp3) is 0.684. The van der Waals surface area contributed by atoms with E-state index in [4.69, 9.17) is 0 Å². The third-order valence-corrected chi connectivity index (χ3v) is 5.30. The molecule has 1 saturated heterocycles. The molecule has 1 aromatic carbocycles. The molecular weight excluding hydrogens is 258 g/mol. The lowest BCUT2D eigenvalue weighted by Crippen LogP contribution is -2.55. The third-order valence-electron chi connectivity index (χ3n) is 5.30. The van der Waals surface area contributed by atoms with E-state index >= 15 is 0 Å². The van der Waals surface area contributed by atoms with Crippen LogP contribution < -0.4 is 5.32 Å². The minimum atomic E-state index is -0.713. The highest BCUT2D eigenvalue weighted by Gasteiger charge is 2.48. The van der Waals surface area contributed by atoms with Gasteiger partial charge in [-0.2, -0.15) is 0 Å². The van der Waals surface area contributed by atoms with Crippen LogP contribution in [0.3, 0.4) is 0 Å². The molecule has 0 unspecified atom stereocenters. The van der Waals surface area contributed by atoms with Crippen LogP contribution in [0.5, 0.6) is 0 Å². The highest BCUT2D eigenvalue weighted by Crippen LogP contribution is 2.48. The van der Waals surface area contributed by atoms with Gasteiger partial charge in [-0.1, -0.05) is 38.0 Å². The maximum Gasteiger partial charge on any atom is 0.106 e. The minimum absolute atomic E-state index is 0.154. The van der Waals surface area contributed by atoms with Crippen LogP contribution in [0.1, 0.15) is 61.8 Å². The molecule has 1 fully saturated rings. The van der Waals surface area contributed by atoms with E-state index < -0.39 is 5.60 Å². The van der Waals surface area contributed by atoms with Gasteiger partial charge in [0.1, 0.15) is 5.60 Å². The van der Waals surface area contributed by atoms with Gasteiger partial charge in [0, 0.05) is 6.04 Å². The Bertz CT molecular complexity index is 543. The van der Waals surface area contributed by atoms with Gasteiger partial charge in [0.05, 0.1) is 0 Å². The van der Waals surface area contributed by atoms with Crippen molar-refractivity contribution in [2.75, 3.05) is 6.54 Å². The summed E-state index contributed by atoms with van der Waals surface area (Å²) in [5.41, 5.74) is 4.58. The number of aliphatic hydroxyl groups is 1. The second-order valence-electron chi connectivity index (χ2n) is 8.06. The predicted molar refractivity (Wildman–Crippen MR) is 87.6 cm³/mol. The summed E-state index contributed by atoms with van der Waals surface area (Å²) in [4.78, 5) is 0. The smallest absolute Gasteiger partial charge is 0.106 e. The molecule has 1 aliphatic carbocycles. The molecule has 1 aromatic rings. The maximum atomic E-state index is 11.7. The first kappa shape index (κ1) is 15.1. The molecule has 3 rings (SSSR count). The molecular formula is C19H29NO. The molecule has 1 heterocycles. The van der Waals surface area contributed by atoms with E-state index in [-0.39, 0.29) is 11.5 Å². The lowest BCUT2D eigenvalue weighted by atomic mass is 9.62. The Morgan fingerprint density at radius 2 is 1.95 bits per heavy atom. The predicted octanol–water partition coefficient (Wildman–Crippen LogP) is 3.61. The number of hydrogen-bond donors (Lipinski definition) is 2. The number of benzene rings is 1. The molecule has 21 heavy (non-hydrogen) atoms. The summed E-state index contributed by atoms with van der Waals surface area (Å²) < 4.78 is 0. The van der Waals surface area contributed by atoms with Crippen molar-refractivity contribution in [1.29, 1.82) is 0 Å². The highest BCUT2D eigenvalue weighted by molar-refractivity contribution is 5.45. The molecule has 0 radical (unpaired) electrons. The summed E-state index contributed by atoms with van der Waals surface area (Å²) in [7, 11) is 0. The van der Waals surface area contributed by atoms with E-state index in [2.05, 4.69) is 45.1 Å². The van der Waals surface area contributed by atoms with E-state index in [9.17, 15) is 5.11 Å². The molecule has 2 atom stereocenters. The van der Waals surface area contributed by atoms with E-state index in [1.165, 1.54) is 35.1 Å². The molecule has 0 spiro atoms. The van der Waals surface area contributed by atoms with Crippen LogP contribution in [0.25, 0.3) is 0 Å². The van der Waals surface area contributed by atoms with Crippen molar-refractivity contribution in [3.8, 4) is 0 Å². The highest BCUT2D eigenvalue weighted by atomic mass is 16.3. The Kier molecular flexibility index (Phi) is 3.66. The molecule has 0 saturated carbocycles. The van der Waals surface area contributed by atoms with Crippen molar-refractivity contribution < 1.29 is 5.11 Å². The van der Waals surface area contributed by atoms with Crippen molar-refractivity contribution in [2.24, 2.45) is 5.41 Å². The van der Waals surface area contributed by atoms with Crippen LogP contribution in [-0.4, -0.2) is 17.7 Å². The van der Waals surface area contributed by atoms with Gasteiger partial charge in [-0.3, -0.25) is 0 Å². The van der Waals surface area contributed by atoms with Crippen molar-refractivity contribution in [1.82, 2.24) is 5.32 Å². The summed E-state index contributed by atoms with van der Waals surface area (Å²) in [6.45, 7) is 9.95. The van der Waals surface area contributed by atoms with Gasteiger partial charge >= 0.3 is 0 Å². The molecule has 0 bridgehead atoms. The van der Waals surface area contributed by atoms with Gasteiger partial charge < -0.3 is 10.4 Å². The number of hydrogen-bond acceptors (Lipinski definition) is 2. The number of fused-ring (bicyclic) bond motifs is 1. The second kappa shape index (κ2) is 5.10. The molecule has 1 aliphatic heterocycles. The van der Waals surface area contributed by atoms with E-state index in [0.717, 1.165) is 25.8 Å². The molecule has 2 heteroatoms. The Morgan fingerprint density at radius 3 is 2.62 bits per heavy atom. The molecule has 2 aliphatic rings. The zero-order chi connectivity index (χ0) is 15.3. The third kappa shape index (κ3) is 2.64. The van der Waals surface area contributed by atoms with Gasteiger partial charge in [-0.15, -0.1) is 0 Å². The first-order valence-corrected chi connectivity index (χ1v) is 8.38. The van der Waals surface area contributed by atoms with Gasteiger partial charge in [0.25, 0.3) is 0 Å². The lowest BCUT2D eigenvalue weighted by Gasteiger charge is -2.49. The number of nitrogens with one attached hydrogen (secondary N) is 1. The van der Waals surface area contributed by atoms with Gasteiger partial charge in [-0.05, 0) is 68.2 Å². The summed E-state index contributed by atoms with van der Waals surface area (Å²) in [6.07, 6.45) is 5.46. The van der Waals surface area contributed by atoms with Gasteiger partial charge in [0.15, 0.2) is 0 Å². The Morgan fingerprint density at radius 1 is 1.19 bits per heavy atom. The Balaban J connectivity index is 2.12. The number of rotatable bonds is 1. The SMILES string of the molecule is Cc1cc(C)c2c(c1)CC(C)(C)C[C@@]2(O)[C@H]1CCCCN1. The molecule has 2 N–H and O–H groups in total. The topological polar surface area (TPSA) is 32.3 Å². The minimum Gasteiger partial charge on any atom is -0.383 e. The maximum absolute atomic E-state index is 11.7. The van der Waals surface area contributed by atoms with Crippen LogP contribution in [-0.2, 0) is 12.0 Å². The molecule has 2 nitrogen and oxygen atoms in total. The number of aryl methyl sites for hydroxylation is 2. The summed E-state index contributed by atoms with van der Waals surface area (Å²) in [5, 5.41) is 15.3. The first-order valence-electron chi connectivity index (χ1n) is 8.38. The summed E-state index contributed by atoms with van der Waals surface area (Å²) >= 11 is 0. The quantitative estimate of drug-likeness (QED) is 0.827. The average Bonchev–Trinajstić information content (AvgIpc) is 2.36. The fourth-order valence-corrected chi connectivity index (χ4v) is 4.77. The van der Waals surface area contributed by atoms with Crippen LogP contribution in [0.15, 0.2) is 12.1 Å². The zero-order valence-electron chi connectivity index (χ0n) is 13.9. The Labute approximate surface area is 129 Å². The summed E-state index contributed by atoms with van der Waals surface area (Å²) in [6, 6.07) is 4.72. The van der Waals surface area contributed by atoms with Crippen LogP contribution in [0, 0.1) is 19.3 Å². The second-order valence-corrected chi connectivity index (χ2v) is 8.06. The van der Waals surface area contributed by atoms with E-state index in [1.807, 2.05) is 0 Å². The first-order chi connectivity index (χ1) is 9.82. The summed E-state index contributed by atoms with van der Waals surface area (Å²) in [5.74, 6) is 0. The molecule has 0 aromatic heterocycles.